The van der Waals surface area contributed by atoms with E-state index in [2.05, 4.69) is 51.8 Å². The molecule has 0 bridgehead atoms. The van der Waals surface area contributed by atoms with E-state index < -0.39 is 0 Å². The number of hydrogen-bond donors (Lipinski definition) is 3. The number of aromatic amines is 1. The highest BCUT2D eigenvalue weighted by Crippen LogP contribution is 2.19. The molecule has 0 radical (unpaired) electrons. The van der Waals surface area contributed by atoms with Crippen LogP contribution in [0.1, 0.15) is 16.7 Å². The predicted octanol–water partition coefficient (Wildman–Crippen LogP) is 3.52. The minimum atomic E-state index is -0.211. The Labute approximate surface area is 147 Å². The topological polar surface area (TPSA) is 52.2 Å². The molecule has 1 aromatic heterocycles. The molecule has 0 aliphatic carbocycles. The van der Waals surface area contributed by atoms with Crippen molar-refractivity contribution in [3.05, 3.63) is 71.2 Å². The van der Waals surface area contributed by atoms with Crippen molar-refractivity contribution in [3.8, 4) is 0 Å². The molecule has 0 spiro atoms. The van der Waals surface area contributed by atoms with Crippen LogP contribution in [0.2, 0.25) is 0 Å². The molecule has 0 amide bonds. The van der Waals surface area contributed by atoms with E-state index in [0.717, 1.165) is 41.9 Å². The first-order chi connectivity index (χ1) is 12.2. The van der Waals surface area contributed by atoms with E-state index in [9.17, 15) is 4.39 Å². The molecule has 25 heavy (non-hydrogen) atoms. The van der Waals surface area contributed by atoms with E-state index in [1.807, 2.05) is 6.20 Å². The minimum absolute atomic E-state index is 0.211. The van der Waals surface area contributed by atoms with Crippen molar-refractivity contribution in [1.82, 2.24) is 15.6 Å². The smallest absolute Gasteiger partial charge is 0.191 e. The Balaban J connectivity index is 1.53. The number of halogens is 1. The Bertz CT molecular complexity index is 882. The number of benzene rings is 2. The molecule has 0 saturated heterocycles. The van der Waals surface area contributed by atoms with Crippen LogP contribution in [0.25, 0.3) is 10.9 Å². The summed E-state index contributed by atoms with van der Waals surface area (Å²) in [6.07, 6.45) is 2.73. The number of rotatable bonds is 5. The Morgan fingerprint density at radius 1 is 1.16 bits per heavy atom. The summed E-state index contributed by atoms with van der Waals surface area (Å²) in [4.78, 5) is 7.43. The van der Waals surface area contributed by atoms with Crippen LogP contribution in [-0.2, 0) is 13.0 Å². The van der Waals surface area contributed by atoms with Crippen LogP contribution in [0.15, 0.2) is 53.7 Å². The fourth-order valence-corrected chi connectivity index (χ4v) is 2.90. The maximum atomic E-state index is 13.4. The molecule has 0 fully saturated rings. The maximum Gasteiger partial charge on any atom is 0.191 e. The van der Waals surface area contributed by atoms with Crippen molar-refractivity contribution in [3.63, 3.8) is 0 Å². The molecule has 0 unspecified atom stereocenters. The van der Waals surface area contributed by atoms with E-state index in [1.54, 1.807) is 19.2 Å². The van der Waals surface area contributed by atoms with Gasteiger partial charge < -0.3 is 15.6 Å². The van der Waals surface area contributed by atoms with E-state index in [1.165, 1.54) is 17.2 Å². The second kappa shape index (κ2) is 7.83. The summed E-state index contributed by atoms with van der Waals surface area (Å²) in [5.41, 5.74) is 4.51. The number of H-pyrrole nitrogens is 1. The summed E-state index contributed by atoms with van der Waals surface area (Å²) >= 11 is 0. The average Bonchev–Trinajstić information content (AvgIpc) is 3.00. The molecule has 0 aliphatic rings. The van der Waals surface area contributed by atoms with Gasteiger partial charge in [-0.25, -0.2) is 4.39 Å². The molecular weight excluding hydrogens is 315 g/mol. The molecule has 5 heteroatoms. The van der Waals surface area contributed by atoms with Gasteiger partial charge in [0, 0.05) is 37.2 Å². The lowest BCUT2D eigenvalue weighted by Gasteiger charge is -2.12. The first kappa shape index (κ1) is 17.0. The molecule has 3 aromatic rings. The van der Waals surface area contributed by atoms with E-state index in [0.29, 0.717) is 0 Å². The zero-order valence-corrected chi connectivity index (χ0v) is 14.6. The van der Waals surface area contributed by atoms with Crippen molar-refractivity contribution in [2.75, 3.05) is 13.6 Å². The van der Waals surface area contributed by atoms with Gasteiger partial charge in [-0.1, -0.05) is 29.8 Å². The first-order valence-corrected chi connectivity index (χ1v) is 8.41. The van der Waals surface area contributed by atoms with Gasteiger partial charge in [0.2, 0.25) is 0 Å². The predicted molar refractivity (Wildman–Crippen MR) is 101 cm³/mol. The lowest BCUT2D eigenvalue weighted by atomic mass is 10.1. The van der Waals surface area contributed by atoms with Crippen molar-refractivity contribution < 1.29 is 4.39 Å². The number of fused-ring (bicyclic) bond motifs is 1. The number of nitrogens with zero attached hydrogens (tertiary/aromatic N) is 1. The van der Waals surface area contributed by atoms with Gasteiger partial charge in [-0.05, 0) is 42.7 Å². The van der Waals surface area contributed by atoms with Crippen LogP contribution >= 0.6 is 0 Å². The van der Waals surface area contributed by atoms with Crippen LogP contribution in [-0.4, -0.2) is 24.5 Å². The number of aliphatic imine (C=N–C) groups is 1. The van der Waals surface area contributed by atoms with Crippen molar-refractivity contribution in [2.24, 2.45) is 4.99 Å². The minimum Gasteiger partial charge on any atom is -0.361 e. The molecule has 0 saturated carbocycles. The Kier molecular flexibility index (Phi) is 5.33. The van der Waals surface area contributed by atoms with Crippen LogP contribution in [0.3, 0.4) is 0 Å². The number of guanidine groups is 1. The first-order valence-electron chi connectivity index (χ1n) is 8.41. The van der Waals surface area contributed by atoms with E-state index in [-0.39, 0.29) is 5.82 Å². The standard InChI is InChI=1S/C20H23FN4/c1-14-4-3-5-15(10-14)12-25-20(22-2)23-9-8-16-13-24-19-7-6-17(21)11-18(16)19/h3-7,10-11,13,24H,8-9,12H2,1-2H3,(H2,22,23,25). The van der Waals surface area contributed by atoms with Gasteiger partial charge in [0.25, 0.3) is 0 Å². The highest BCUT2D eigenvalue weighted by Gasteiger charge is 2.05. The van der Waals surface area contributed by atoms with E-state index >= 15 is 0 Å². The van der Waals surface area contributed by atoms with Crippen LogP contribution in [0, 0.1) is 12.7 Å². The molecule has 0 atom stereocenters. The fraction of sp³-hybridized carbons (Fsp3) is 0.250. The number of aryl methyl sites for hydroxylation is 1. The molecule has 3 rings (SSSR count). The quantitative estimate of drug-likeness (QED) is 0.492. The molecular formula is C20H23FN4. The SMILES string of the molecule is CN=C(NCCc1c[nH]c2ccc(F)cc12)NCc1cccc(C)c1. The van der Waals surface area contributed by atoms with Crippen molar-refractivity contribution in [1.29, 1.82) is 0 Å². The summed E-state index contributed by atoms with van der Waals surface area (Å²) < 4.78 is 13.4. The number of hydrogen-bond acceptors (Lipinski definition) is 1. The summed E-state index contributed by atoms with van der Waals surface area (Å²) in [7, 11) is 1.76. The summed E-state index contributed by atoms with van der Waals surface area (Å²) in [5.74, 6) is 0.546. The average molecular weight is 338 g/mol. The molecule has 1 heterocycles. The van der Waals surface area contributed by atoms with Crippen LogP contribution in [0.4, 0.5) is 4.39 Å². The van der Waals surface area contributed by atoms with Crippen LogP contribution in [0.5, 0.6) is 0 Å². The normalized spacial score (nSPS) is 11.7. The van der Waals surface area contributed by atoms with Crippen molar-refractivity contribution in [2.45, 2.75) is 19.9 Å². The third kappa shape index (κ3) is 4.38. The van der Waals surface area contributed by atoms with Gasteiger partial charge in [-0.3, -0.25) is 4.99 Å². The van der Waals surface area contributed by atoms with Gasteiger partial charge in [0.1, 0.15) is 5.82 Å². The summed E-state index contributed by atoms with van der Waals surface area (Å²) in [5, 5.41) is 7.55. The lowest BCUT2D eigenvalue weighted by Crippen LogP contribution is -2.37. The zero-order chi connectivity index (χ0) is 17.6. The fourth-order valence-electron chi connectivity index (χ4n) is 2.90. The largest absolute Gasteiger partial charge is 0.361 e. The third-order valence-corrected chi connectivity index (χ3v) is 4.18. The maximum absolute atomic E-state index is 13.4. The number of nitrogens with one attached hydrogen (secondary N) is 3. The Morgan fingerprint density at radius 2 is 2.04 bits per heavy atom. The van der Waals surface area contributed by atoms with Gasteiger partial charge in [-0.2, -0.15) is 0 Å². The molecule has 0 aliphatic heterocycles. The molecule has 4 nitrogen and oxygen atoms in total. The van der Waals surface area contributed by atoms with Gasteiger partial charge in [-0.15, -0.1) is 0 Å². The van der Waals surface area contributed by atoms with Gasteiger partial charge in [0.05, 0.1) is 0 Å². The second-order valence-corrected chi connectivity index (χ2v) is 6.10. The second-order valence-electron chi connectivity index (χ2n) is 6.10. The lowest BCUT2D eigenvalue weighted by molar-refractivity contribution is 0.629. The Morgan fingerprint density at radius 3 is 2.84 bits per heavy atom. The molecule has 3 N–H and O–H groups in total. The highest BCUT2D eigenvalue weighted by atomic mass is 19.1. The Hall–Kier alpha value is -2.82. The van der Waals surface area contributed by atoms with Crippen LogP contribution < -0.4 is 10.6 Å². The third-order valence-electron chi connectivity index (χ3n) is 4.18. The van der Waals surface area contributed by atoms with Gasteiger partial charge in [0.15, 0.2) is 5.96 Å². The highest BCUT2D eigenvalue weighted by molar-refractivity contribution is 5.83. The molecule has 2 aromatic carbocycles. The summed E-state index contributed by atoms with van der Waals surface area (Å²) in [6.45, 7) is 3.53. The van der Waals surface area contributed by atoms with Crippen molar-refractivity contribution >= 4 is 16.9 Å². The zero-order valence-electron chi connectivity index (χ0n) is 14.6. The van der Waals surface area contributed by atoms with Gasteiger partial charge >= 0.3 is 0 Å². The summed E-state index contributed by atoms with van der Waals surface area (Å²) in [6, 6.07) is 13.2. The molecule has 130 valence electrons. The monoisotopic (exact) mass is 338 g/mol. The number of aromatic nitrogens is 1. The van der Waals surface area contributed by atoms with E-state index in [4.69, 9.17) is 0 Å².